The molecule has 8 heteroatoms. The number of non-ortho nitro benzene ring substituents is 1. The average Bonchev–Trinajstić information content (AvgIpc) is 2.67. The van der Waals surface area contributed by atoms with Crippen LogP contribution >= 0.6 is 0 Å². The van der Waals surface area contributed by atoms with Gasteiger partial charge in [0.05, 0.1) is 16.3 Å². The van der Waals surface area contributed by atoms with Gasteiger partial charge < -0.3 is 10.0 Å². The molecule has 0 aromatic heterocycles. The predicted octanol–water partition coefficient (Wildman–Crippen LogP) is 4.87. The molecule has 0 bridgehead atoms. The van der Waals surface area contributed by atoms with E-state index in [1.807, 2.05) is 24.0 Å². The van der Waals surface area contributed by atoms with Crippen LogP contribution in [0.3, 0.4) is 0 Å². The molecule has 2 rings (SSSR count). The van der Waals surface area contributed by atoms with Crippen LogP contribution in [-0.4, -0.2) is 29.1 Å². The summed E-state index contributed by atoms with van der Waals surface area (Å²) in [6, 6.07) is 13.2. The van der Waals surface area contributed by atoms with Crippen molar-refractivity contribution in [2.75, 3.05) is 18.0 Å². The maximum Gasteiger partial charge on any atom is 0.331 e. The molecule has 0 aliphatic rings. The highest BCUT2D eigenvalue weighted by atomic mass is 16.6. The summed E-state index contributed by atoms with van der Waals surface area (Å²) in [6.07, 6.45) is 0.380. The molecule has 0 aliphatic heterocycles. The number of nitro benzene ring substituents is 1. The first-order chi connectivity index (χ1) is 12.9. The zero-order valence-electron chi connectivity index (χ0n) is 14.9. The minimum Gasteiger partial charge on any atom is -0.478 e. The lowest BCUT2D eigenvalue weighted by Crippen LogP contribution is -2.24. The normalized spacial score (nSPS) is 10.7. The van der Waals surface area contributed by atoms with Crippen LogP contribution in [0.25, 0.3) is 0 Å². The third-order valence-corrected chi connectivity index (χ3v) is 3.92. The van der Waals surface area contributed by atoms with Crippen LogP contribution in [0.4, 0.5) is 22.7 Å². The summed E-state index contributed by atoms with van der Waals surface area (Å²) >= 11 is 0. The van der Waals surface area contributed by atoms with Gasteiger partial charge in [-0.1, -0.05) is 6.58 Å². The number of azo groups is 1. The number of nitrogens with zero attached hydrogens (tertiary/aromatic N) is 4. The molecule has 0 amide bonds. The van der Waals surface area contributed by atoms with Gasteiger partial charge in [-0.2, -0.15) is 10.2 Å². The van der Waals surface area contributed by atoms with Gasteiger partial charge in [0.25, 0.3) is 5.69 Å². The van der Waals surface area contributed by atoms with Crippen LogP contribution in [0.5, 0.6) is 0 Å². The lowest BCUT2D eigenvalue weighted by Gasteiger charge is -2.23. The second-order valence-corrected chi connectivity index (χ2v) is 5.73. The molecule has 0 fully saturated rings. The second-order valence-electron chi connectivity index (χ2n) is 5.73. The fourth-order valence-corrected chi connectivity index (χ4v) is 2.33. The molecule has 2 aromatic carbocycles. The Morgan fingerprint density at radius 1 is 1.11 bits per heavy atom. The van der Waals surface area contributed by atoms with Gasteiger partial charge in [-0.3, -0.25) is 10.1 Å². The molecule has 27 heavy (non-hydrogen) atoms. The zero-order valence-corrected chi connectivity index (χ0v) is 14.9. The van der Waals surface area contributed by atoms with Crippen molar-refractivity contribution >= 4 is 28.7 Å². The third kappa shape index (κ3) is 5.74. The van der Waals surface area contributed by atoms with E-state index in [9.17, 15) is 14.9 Å². The number of aliphatic carboxylic acids is 1. The number of hydrogen-bond donors (Lipinski definition) is 1. The first kappa shape index (κ1) is 19.8. The van der Waals surface area contributed by atoms with Crippen molar-refractivity contribution in [1.29, 1.82) is 0 Å². The molecule has 0 unspecified atom stereocenters. The smallest absolute Gasteiger partial charge is 0.331 e. The summed E-state index contributed by atoms with van der Waals surface area (Å²) in [6.45, 7) is 6.83. The molecule has 8 nitrogen and oxygen atoms in total. The molecule has 0 heterocycles. The minimum atomic E-state index is -0.979. The molecule has 2 aromatic rings. The molecular formula is C19H20N4O4. The van der Waals surface area contributed by atoms with Gasteiger partial charge in [0.15, 0.2) is 0 Å². The number of carboxylic acid groups (broad SMARTS) is 1. The van der Waals surface area contributed by atoms with Crippen molar-refractivity contribution in [2.45, 2.75) is 13.3 Å². The summed E-state index contributed by atoms with van der Waals surface area (Å²) in [7, 11) is 0. The van der Waals surface area contributed by atoms with Crippen LogP contribution < -0.4 is 4.90 Å². The highest BCUT2D eigenvalue weighted by molar-refractivity contribution is 5.85. The fraction of sp³-hybridized carbons (Fsp3) is 0.211. The van der Waals surface area contributed by atoms with Gasteiger partial charge in [0.1, 0.15) is 0 Å². The third-order valence-electron chi connectivity index (χ3n) is 3.92. The van der Waals surface area contributed by atoms with Crippen LogP contribution in [0.15, 0.2) is 70.9 Å². The van der Waals surface area contributed by atoms with E-state index in [4.69, 9.17) is 5.11 Å². The number of nitro groups is 1. The monoisotopic (exact) mass is 368 g/mol. The molecule has 0 spiro atoms. The number of anilines is 1. The lowest BCUT2D eigenvalue weighted by molar-refractivity contribution is -0.384. The number of benzene rings is 2. The Bertz CT molecular complexity index is 845. The number of hydrogen-bond acceptors (Lipinski definition) is 6. The van der Waals surface area contributed by atoms with E-state index in [1.54, 1.807) is 12.1 Å². The van der Waals surface area contributed by atoms with Crippen molar-refractivity contribution < 1.29 is 14.8 Å². The molecule has 140 valence electrons. The summed E-state index contributed by atoms with van der Waals surface area (Å²) in [5.74, 6) is -0.979. The van der Waals surface area contributed by atoms with Crippen molar-refractivity contribution in [3.63, 3.8) is 0 Å². The van der Waals surface area contributed by atoms with Crippen LogP contribution in [0.2, 0.25) is 0 Å². The Kier molecular flexibility index (Phi) is 6.76. The summed E-state index contributed by atoms with van der Waals surface area (Å²) in [4.78, 5) is 23.1. The van der Waals surface area contributed by atoms with E-state index < -0.39 is 10.9 Å². The van der Waals surface area contributed by atoms with Gasteiger partial charge in [0, 0.05) is 36.5 Å². The van der Waals surface area contributed by atoms with Crippen molar-refractivity contribution in [2.24, 2.45) is 10.2 Å². The Hall–Kier alpha value is -3.55. The van der Waals surface area contributed by atoms with Gasteiger partial charge in [-0.05, 0) is 49.7 Å². The Morgan fingerprint density at radius 2 is 1.63 bits per heavy atom. The number of rotatable bonds is 9. The van der Waals surface area contributed by atoms with Gasteiger partial charge >= 0.3 is 5.97 Å². The molecule has 0 radical (unpaired) electrons. The molecule has 1 N–H and O–H groups in total. The molecule has 0 saturated carbocycles. The van der Waals surface area contributed by atoms with E-state index in [-0.39, 0.29) is 11.3 Å². The fourth-order valence-electron chi connectivity index (χ4n) is 2.33. The average molecular weight is 368 g/mol. The van der Waals surface area contributed by atoms with Gasteiger partial charge in [0.2, 0.25) is 0 Å². The SMILES string of the molecule is C=C(CCN(CC)c1ccc(/N=N/c2ccc([N+](=O)[O-])cc2)cc1)C(=O)O. The molecular weight excluding hydrogens is 348 g/mol. The van der Waals surface area contributed by atoms with Gasteiger partial charge in [-0.25, -0.2) is 4.79 Å². The van der Waals surface area contributed by atoms with Gasteiger partial charge in [-0.15, -0.1) is 0 Å². The molecule has 0 atom stereocenters. The van der Waals surface area contributed by atoms with Crippen LogP contribution in [0.1, 0.15) is 13.3 Å². The highest BCUT2D eigenvalue weighted by Gasteiger charge is 2.09. The topological polar surface area (TPSA) is 108 Å². The predicted molar refractivity (Wildman–Crippen MR) is 103 cm³/mol. The maximum absolute atomic E-state index is 10.8. The van der Waals surface area contributed by atoms with E-state index in [0.717, 1.165) is 12.2 Å². The van der Waals surface area contributed by atoms with Crippen molar-refractivity contribution in [3.05, 3.63) is 70.8 Å². The Morgan fingerprint density at radius 3 is 2.07 bits per heavy atom. The number of carboxylic acids is 1. The van der Waals surface area contributed by atoms with Crippen LogP contribution in [0, 0.1) is 10.1 Å². The van der Waals surface area contributed by atoms with E-state index >= 15 is 0 Å². The number of carbonyl (C=O) groups is 1. The minimum absolute atomic E-state index is 0.00328. The Labute approximate surface area is 156 Å². The molecule has 0 aliphatic carbocycles. The first-order valence-corrected chi connectivity index (χ1v) is 8.33. The van der Waals surface area contributed by atoms with Crippen molar-refractivity contribution in [3.8, 4) is 0 Å². The summed E-state index contributed by atoms with van der Waals surface area (Å²) in [5.41, 5.74) is 2.30. The largest absolute Gasteiger partial charge is 0.478 e. The van der Waals surface area contributed by atoms with E-state index in [0.29, 0.717) is 24.3 Å². The summed E-state index contributed by atoms with van der Waals surface area (Å²) < 4.78 is 0. The standard InChI is InChI=1S/C19H20N4O4/c1-3-22(13-12-14(2)19(24)25)17-8-4-15(5-9-17)20-21-16-6-10-18(11-7-16)23(26)27/h4-11H,2-3,12-13H2,1H3,(H,24,25)/b21-20+. The van der Waals surface area contributed by atoms with E-state index in [1.165, 1.54) is 24.3 Å². The first-order valence-electron chi connectivity index (χ1n) is 8.33. The summed E-state index contributed by atoms with van der Waals surface area (Å²) in [5, 5.41) is 27.7. The van der Waals surface area contributed by atoms with Crippen LogP contribution in [-0.2, 0) is 4.79 Å². The maximum atomic E-state index is 10.8. The zero-order chi connectivity index (χ0) is 19.8. The molecule has 0 saturated heterocycles. The highest BCUT2D eigenvalue weighted by Crippen LogP contribution is 2.24. The lowest BCUT2D eigenvalue weighted by atomic mass is 10.2. The Balaban J connectivity index is 2.01. The second kappa shape index (κ2) is 9.23. The van der Waals surface area contributed by atoms with E-state index in [2.05, 4.69) is 16.8 Å². The quantitative estimate of drug-likeness (QED) is 0.294. The van der Waals surface area contributed by atoms with Crippen molar-refractivity contribution in [1.82, 2.24) is 0 Å².